The van der Waals surface area contributed by atoms with E-state index in [1.54, 1.807) is 0 Å². The molecule has 0 aromatic heterocycles. The standard InChI is InChI=1S/C8H3F4NO5/c9-3-2-6(18-8(11,12)7(14)15)4(10)1-5(3)13(16)17/h1-2H,(H,14,15). The van der Waals surface area contributed by atoms with Crippen LogP contribution in [0.3, 0.4) is 0 Å². The van der Waals surface area contributed by atoms with Crippen molar-refractivity contribution in [2.45, 2.75) is 6.11 Å². The van der Waals surface area contributed by atoms with Gasteiger partial charge < -0.3 is 9.84 Å². The number of ether oxygens (including phenoxy) is 1. The molecule has 0 spiro atoms. The van der Waals surface area contributed by atoms with Gasteiger partial charge in [0.15, 0.2) is 11.6 Å². The van der Waals surface area contributed by atoms with Crippen LogP contribution in [-0.4, -0.2) is 22.1 Å². The molecule has 0 unspecified atom stereocenters. The average molecular weight is 269 g/mol. The van der Waals surface area contributed by atoms with E-state index in [1.807, 2.05) is 0 Å². The Balaban J connectivity index is 3.17. The first-order valence-electron chi connectivity index (χ1n) is 4.09. The highest BCUT2D eigenvalue weighted by molar-refractivity contribution is 5.74. The summed E-state index contributed by atoms with van der Waals surface area (Å²) in [6.45, 7) is 0. The molecular formula is C8H3F4NO5. The zero-order valence-corrected chi connectivity index (χ0v) is 8.19. The molecular weight excluding hydrogens is 266 g/mol. The molecule has 0 fully saturated rings. The first-order chi connectivity index (χ1) is 8.15. The highest BCUT2D eigenvalue weighted by Crippen LogP contribution is 2.30. The van der Waals surface area contributed by atoms with E-state index in [0.717, 1.165) is 0 Å². The van der Waals surface area contributed by atoms with Crippen molar-refractivity contribution in [3.05, 3.63) is 33.9 Å². The number of benzene rings is 1. The topological polar surface area (TPSA) is 89.7 Å². The van der Waals surface area contributed by atoms with Crippen molar-refractivity contribution in [2.75, 3.05) is 0 Å². The number of alkyl halides is 2. The van der Waals surface area contributed by atoms with E-state index in [2.05, 4.69) is 4.74 Å². The monoisotopic (exact) mass is 269 g/mol. The number of nitrogens with zero attached hydrogens (tertiary/aromatic N) is 1. The van der Waals surface area contributed by atoms with Gasteiger partial charge in [-0.2, -0.15) is 13.2 Å². The van der Waals surface area contributed by atoms with Gasteiger partial charge in [0.1, 0.15) is 0 Å². The maximum Gasteiger partial charge on any atom is 0.502 e. The summed E-state index contributed by atoms with van der Waals surface area (Å²) in [7, 11) is 0. The number of nitro groups is 1. The number of halogens is 4. The maximum atomic E-state index is 13.1. The minimum absolute atomic E-state index is 0.00258. The highest BCUT2D eigenvalue weighted by atomic mass is 19.3. The Labute approximate surface area is 95.5 Å². The molecule has 0 radical (unpaired) electrons. The molecule has 10 heteroatoms. The Morgan fingerprint density at radius 3 is 2.33 bits per heavy atom. The molecule has 0 saturated carbocycles. The Morgan fingerprint density at radius 2 is 1.89 bits per heavy atom. The van der Waals surface area contributed by atoms with Crippen LogP contribution in [0.25, 0.3) is 0 Å². The van der Waals surface area contributed by atoms with Crippen LogP contribution in [0.5, 0.6) is 5.75 Å². The SMILES string of the molecule is O=C(O)C(F)(F)Oc1cc(F)c([N+](=O)[O-])cc1F. The summed E-state index contributed by atoms with van der Waals surface area (Å²) in [4.78, 5) is 18.9. The number of rotatable bonds is 4. The average Bonchev–Trinajstić information content (AvgIpc) is 2.21. The quantitative estimate of drug-likeness (QED) is 0.512. The zero-order valence-electron chi connectivity index (χ0n) is 8.19. The molecule has 0 heterocycles. The molecule has 98 valence electrons. The van der Waals surface area contributed by atoms with Crippen molar-refractivity contribution in [3.63, 3.8) is 0 Å². The third kappa shape index (κ3) is 2.64. The summed E-state index contributed by atoms with van der Waals surface area (Å²) in [6, 6.07) is -0.0348. The molecule has 0 aliphatic heterocycles. The van der Waals surface area contributed by atoms with Crippen molar-refractivity contribution >= 4 is 11.7 Å². The van der Waals surface area contributed by atoms with E-state index in [9.17, 15) is 32.5 Å². The fourth-order valence-electron chi connectivity index (χ4n) is 0.918. The first-order valence-corrected chi connectivity index (χ1v) is 4.09. The molecule has 1 rings (SSSR count). The fraction of sp³-hybridized carbons (Fsp3) is 0.125. The molecule has 6 nitrogen and oxygen atoms in total. The van der Waals surface area contributed by atoms with Gasteiger partial charge in [-0.15, -0.1) is 0 Å². The van der Waals surface area contributed by atoms with Gasteiger partial charge in [-0.05, 0) is 0 Å². The summed E-state index contributed by atoms with van der Waals surface area (Å²) in [5, 5.41) is 18.2. The van der Waals surface area contributed by atoms with Gasteiger partial charge >= 0.3 is 17.8 Å². The number of hydrogen-bond acceptors (Lipinski definition) is 4. The number of carboxylic acids is 1. The van der Waals surface area contributed by atoms with Gasteiger partial charge in [0.25, 0.3) is 0 Å². The first kappa shape index (κ1) is 13.7. The number of hydrogen-bond donors (Lipinski definition) is 1. The molecule has 0 atom stereocenters. The van der Waals surface area contributed by atoms with E-state index in [1.165, 1.54) is 0 Å². The van der Waals surface area contributed by atoms with Crippen molar-refractivity contribution in [1.82, 2.24) is 0 Å². The molecule has 0 amide bonds. The van der Waals surface area contributed by atoms with Gasteiger partial charge in [0.2, 0.25) is 5.82 Å². The molecule has 0 saturated heterocycles. The Kier molecular flexibility index (Phi) is 3.39. The lowest BCUT2D eigenvalue weighted by atomic mass is 10.3. The summed E-state index contributed by atoms with van der Waals surface area (Å²) in [5.74, 6) is -7.51. The molecule has 1 aromatic carbocycles. The lowest BCUT2D eigenvalue weighted by Gasteiger charge is -2.13. The van der Waals surface area contributed by atoms with Crippen LogP contribution in [0.1, 0.15) is 0 Å². The van der Waals surface area contributed by atoms with Crippen LogP contribution in [-0.2, 0) is 4.79 Å². The number of carbonyl (C=O) groups is 1. The second-order valence-electron chi connectivity index (χ2n) is 2.92. The number of aliphatic carboxylic acids is 1. The zero-order chi connectivity index (χ0) is 14.1. The van der Waals surface area contributed by atoms with Crippen LogP contribution in [0.4, 0.5) is 23.2 Å². The second-order valence-corrected chi connectivity index (χ2v) is 2.92. The van der Waals surface area contributed by atoms with Crippen molar-refractivity contribution in [1.29, 1.82) is 0 Å². The largest absolute Gasteiger partial charge is 0.502 e. The van der Waals surface area contributed by atoms with E-state index >= 15 is 0 Å². The highest BCUT2D eigenvalue weighted by Gasteiger charge is 2.43. The van der Waals surface area contributed by atoms with Gasteiger partial charge in [-0.1, -0.05) is 0 Å². The number of carboxylic acid groups (broad SMARTS) is 1. The van der Waals surface area contributed by atoms with Gasteiger partial charge in [-0.25, -0.2) is 9.18 Å². The van der Waals surface area contributed by atoms with E-state index in [0.29, 0.717) is 0 Å². The lowest BCUT2D eigenvalue weighted by Crippen LogP contribution is -2.35. The van der Waals surface area contributed by atoms with Crippen molar-refractivity contribution in [2.24, 2.45) is 0 Å². The molecule has 0 aliphatic carbocycles. The van der Waals surface area contributed by atoms with Crippen molar-refractivity contribution in [3.8, 4) is 5.75 Å². The molecule has 0 aliphatic rings. The second kappa shape index (κ2) is 4.47. The molecule has 1 N–H and O–H groups in total. The molecule has 0 bridgehead atoms. The van der Waals surface area contributed by atoms with Crippen LogP contribution in [0.2, 0.25) is 0 Å². The summed E-state index contributed by atoms with van der Waals surface area (Å²) >= 11 is 0. The van der Waals surface area contributed by atoms with E-state index < -0.39 is 40.1 Å². The number of nitro benzene ring substituents is 1. The Hall–Kier alpha value is -2.39. The van der Waals surface area contributed by atoms with Crippen LogP contribution in [0.15, 0.2) is 12.1 Å². The molecule has 1 aromatic rings. The summed E-state index contributed by atoms with van der Waals surface area (Å²) in [5.41, 5.74) is -1.29. The van der Waals surface area contributed by atoms with Gasteiger partial charge in [-0.3, -0.25) is 10.1 Å². The minimum atomic E-state index is -4.79. The van der Waals surface area contributed by atoms with Crippen LogP contribution < -0.4 is 4.74 Å². The fourth-order valence-corrected chi connectivity index (χ4v) is 0.918. The lowest BCUT2D eigenvalue weighted by molar-refractivity contribution is -0.387. The summed E-state index contributed by atoms with van der Waals surface area (Å²) < 4.78 is 54.6. The van der Waals surface area contributed by atoms with E-state index in [4.69, 9.17) is 5.11 Å². The third-order valence-electron chi connectivity index (χ3n) is 1.69. The summed E-state index contributed by atoms with van der Waals surface area (Å²) in [6.07, 6.45) is -4.79. The van der Waals surface area contributed by atoms with Crippen LogP contribution in [0, 0.1) is 21.7 Å². The van der Waals surface area contributed by atoms with Gasteiger partial charge in [0.05, 0.1) is 11.0 Å². The van der Waals surface area contributed by atoms with Crippen molar-refractivity contribution < 1.29 is 37.1 Å². The predicted octanol–water partition coefficient (Wildman–Crippen LogP) is 1.93. The Bertz CT molecular complexity index is 518. The van der Waals surface area contributed by atoms with Crippen LogP contribution >= 0.6 is 0 Å². The normalized spacial score (nSPS) is 11.1. The Morgan fingerprint density at radius 1 is 1.33 bits per heavy atom. The smallest absolute Gasteiger partial charge is 0.474 e. The third-order valence-corrected chi connectivity index (χ3v) is 1.69. The molecule has 18 heavy (non-hydrogen) atoms. The van der Waals surface area contributed by atoms with E-state index in [-0.39, 0.29) is 12.1 Å². The van der Waals surface area contributed by atoms with Gasteiger partial charge in [0, 0.05) is 6.07 Å². The predicted molar refractivity (Wildman–Crippen MR) is 46.2 cm³/mol. The minimum Gasteiger partial charge on any atom is -0.474 e. The maximum absolute atomic E-state index is 13.1.